The Morgan fingerprint density at radius 2 is 2.12 bits per heavy atom. The average molecular weight is 251 g/mol. The van der Waals surface area contributed by atoms with E-state index in [1.807, 2.05) is 0 Å². The fourth-order valence-electron chi connectivity index (χ4n) is 0.682. The number of hydrogen-bond donors (Lipinski definition) is 2. The van der Waals surface area contributed by atoms with Gasteiger partial charge < -0.3 is 9.84 Å². The Morgan fingerprint density at radius 1 is 1.56 bits per heavy atom. The van der Waals surface area contributed by atoms with Crippen LogP contribution in [0.15, 0.2) is 12.7 Å². The Morgan fingerprint density at radius 3 is 2.56 bits per heavy atom. The minimum absolute atomic E-state index is 0.0210. The van der Waals surface area contributed by atoms with Gasteiger partial charge in [0.15, 0.2) is 6.10 Å². The summed E-state index contributed by atoms with van der Waals surface area (Å²) in [5.41, 5.74) is 0. The highest BCUT2D eigenvalue weighted by Crippen LogP contribution is 1.96. The SMILES string of the molecule is C=CCOC(=O)[C@@H](O)CNS(=O)(=O)C(C)C. The molecule has 0 aliphatic heterocycles. The molecule has 6 nitrogen and oxygen atoms in total. The molecule has 0 rings (SSSR count). The van der Waals surface area contributed by atoms with E-state index in [1.54, 1.807) is 0 Å². The third-order valence-corrected chi connectivity index (χ3v) is 3.52. The maximum Gasteiger partial charge on any atom is 0.336 e. The molecule has 2 N–H and O–H groups in total. The maximum absolute atomic E-state index is 11.3. The van der Waals surface area contributed by atoms with Gasteiger partial charge in [-0.05, 0) is 13.8 Å². The second-order valence-electron chi connectivity index (χ2n) is 3.38. The first-order chi connectivity index (χ1) is 7.31. The Balaban J connectivity index is 4.12. The first-order valence-corrected chi connectivity index (χ1v) is 6.30. The minimum Gasteiger partial charge on any atom is -0.460 e. The summed E-state index contributed by atoms with van der Waals surface area (Å²) < 4.78 is 29.2. The molecule has 0 radical (unpaired) electrons. The van der Waals surface area contributed by atoms with E-state index >= 15 is 0 Å². The Hall–Kier alpha value is -0.920. The zero-order chi connectivity index (χ0) is 12.8. The zero-order valence-electron chi connectivity index (χ0n) is 9.34. The lowest BCUT2D eigenvalue weighted by Gasteiger charge is -2.12. The summed E-state index contributed by atoms with van der Waals surface area (Å²) in [6, 6.07) is 0. The van der Waals surface area contributed by atoms with Crippen molar-refractivity contribution in [1.29, 1.82) is 0 Å². The Kier molecular flexibility index (Phi) is 6.24. The highest BCUT2D eigenvalue weighted by Gasteiger charge is 2.21. The lowest BCUT2D eigenvalue weighted by Crippen LogP contribution is -2.40. The zero-order valence-corrected chi connectivity index (χ0v) is 10.2. The maximum atomic E-state index is 11.3. The number of sulfonamides is 1. The Labute approximate surface area is 95.3 Å². The van der Waals surface area contributed by atoms with Crippen LogP contribution in [0.5, 0.6) is 0 Å². The number of ether oxygens (including phenoxy) is 1. The summed E-state index contributed by atoms with van der Waals surface area (Å²) in [5, 5.41) is 8.63. The van der Waals surface area contributed by atoms with E-state index < -0.39 is 33.9 Å². The van der Waals surface area contributed by atoms with Gasteiger partial charge >= 0.3 is 5.97 Å². The summed E-state index contributed by atoms with van der Waals surface area (Å²) in [6.45, 7) is 5.90. The number of rotatable bonds is 7. The van der Waals surface area contributed by atoms with Crippen LogP contribution in [-0.2, 0) is 19.6 Å². The van der Waals surface area contributed by atoms with Crippen LogP contribution in [0, 0.1) is 0 Å². The first kappa shape index (κ1) is 15.1. The van der Waals surface area contributed by atoms with Crippen LogP contribution >= 0.6 is 0 Å². The summed E-state index contributed by atoms with van der Waals surface area (Å²) in [7, 11) is -3.49. The van der Waals surface area contributed by atoms with Crippen LogP contribution in [-0.4, -0.2) is 44.0 Å². The van der Waals surface area contributed by atoms with Crippen molar-refractivity contribution in [2.45, 2.75) is 25.2 Å². The van der Waals surface area contributed by atoms with Gasteiger partial charge in [-0.2, -0.15) is 0 Å². The summed E-state index contributed by atoms with van der Waals surface area (Å²) in [5.74, 6) is -0.883. The molecular formula is C9H17NO5S. The van der Waals surface area contributed by atoms with E-state index in [0.717, 1.165) is 0 Å². The van der Waals surface area contributed by atoms with Crippen molar-refractivity contribution in [1.82, 2.24) is 4.72 Å². The van der Waals surface area contributed by atoms with E-state index in [-0.39, 0.29) is 6.61 Å². The van der Waals surface area contributed by atoms with Crippen LogP contribution in [0.3, 0.4) is 0 Å². The number of aliphatic hydroxyl groups excluding tert-OH is 1. The molecule has 0 aromatic rings. The molecule has 0 spiro atoms. The molecule has 1 atom stereocenters. The van der Waals surface area contributed by atoms with Gasteiger partial charge in [-0.15, -0.1) is 0 Å². The predicted molar refractivity (Wildman–Crippen MR) is 59.2 cm³/mol. The quantitative estimate of drug-likeness (QED) is 0.466. The molecule has 0 aromatic carbocycles. The fourth-order valence-corrected chi connectivity index (χ4v) is 1.41. The number of carbonyl (C=O) groups excluding carboxylic acids is 1. The molecule has 0 unspecified atom stereocenters. The Bertz CT molecular complexity index is 336. The van der Waals surface area contributed by atoms with Crippen LogP contribution in [0.1, 0.15) is 13.8 Å². The number of carbonyl (C=O) groups is 1. The first-order valence-electron chi connectivity index (χ1n) is 4.75. The summed E-state index contributed by atoms with van der Waals surface area (Å²) >= 11 is 0. The molecule has 94 valence electrons. The van der Waals surface area contributed by atoms with Crippen molar-refractivity contribution in [2.24, 2.45) is 0 Å². The van der Waals surface area contributed by atoms with Gasteiger partial charge in [0.05, 0.1) is 5.25 Å². The number of nitrogens with one attached hydrogen (secondary N) is 1. The van der Waals surface area contributed by atoms with Gasteiger partial charge in [-0.1, -0.05) is 12.7 Å². The second kappa shape index (κ2) is 6.62. The monoisotopic (exact) mass is 251 g/mol. The standard InChI is InChI=1S/C9H17NO5S/c1-4-5-15-9(12)8(11)6-10-16(13,14)7(2)3/h4,7-8,10-11H,1,5-6H2,2-3H3/t8-/m0/s1. The van der Waals surface area contributed by atoms with Crippen molar-refractivity contribution in [3.8, 4) is 0 Å². The van der Waals surface area contributed by atoms with Gasteiger partial charge in [-0.3, -0.25) is 0 Å². The summed E-state index contributed by atoms with van der Waals surface area (Å²) in [4.78, 5) is 11.0. The third-order valence-electron chi connectivity index (χ3n) is 1.71. The van der Waals surface area contributed by atoms with Crippen molar-refractivity contribution < 1.29 is 23.1 Å². The molecule has 0 fully saturated rings. The molecule has 0 aliphatic rings. The van der Waals surface area contributed by atoms with Crippen molar-refractivity contribution >= 4 is 16.0 Å². The van der Waals surface area contributed by atoms with Crippen LogP contribution in [0.4, 0.5) is 0 Å². The lowest BCUT2D eigenvalue weighted by molar-refractivity contribution is -0.151. The van der Waals surface area contributed by atoms with Crippen LogP contribution in [0.25, 0.3) is 0 Å². The van der Waals surface area contributed by atoms with Gasteiger partial charge in [-0.25, -0.2) is 17.9 Å². The number of aliphatic hydroxyl groups is 1. The summed E-state index contributed by atoms with van der Waals surface area (Å²) in [6.07, 6.45) is -0.156. The highest BCUT2D eigenvalue weighted by molar-refractivity contribution is 7.90. The molecule has 0 bridgehead atoms. The van der Waals surface area contributed by atoms with Crippen LogP contribution < -0.4 is 4.72 Å². The lowest BCUT2D eigenvalue weighted by atomic mass is 10.4. The largest absolute Gasteiger partial charge is 0.460 e. The molecule has 0 heterocycles. The molecule has 0 saturated heterocycles. The van der Waals surface area contributed by atoms with E-state index in [1.165, 1.54) is 19.9 Å². The fraction of sp³-hybridized carbons (Fsp3) is 0.667. The predicted octanol–water partition coefficient (Wildman–Crippen LogP) is -0.596. The van der Waals surface area contributed by atoms with Gasteiger partial charge in [0, 0.05) is 6.54 Å². The topological polar surface area (TPSA) is 92.7 Å². The molecule has 7 heteroatoms. The smallest absolute Gasteiger partial charge is 0.336 e. The molecule has 0 aromatic heterocycles. The van der Waals surface area contributed by atoms with Crippen molar-refractivity contribution in [3.05, 3.63) is 12.7 Å². The van der Waals surface area contributed by atoms with Crippen molar-refractivity contribution in [3.63, 3.8) is 0 Å². The highest BCUT2D eigenvalue weighted by atomic mass is 32.2. The molecule has 16 heavy (non-hydrogen) atoms. The van der Waals surface area contributed by atoms with Crippen molar-refractivity contribution in [2.75, 3.05) is 13.2 Å². The second-order valence-corrected chi connectivity index (χ2v) is 5.70. The van der Waals surface area contributed by atoms with Gasteiger partial charge in [0.1, 0.15) is 6.61 Å². The average Bonchev–Trinajstić information content (AvgIpc) is 2.22. The normalized spacial score (nSPS) is 13.5. The molecule has 0 amide bonds. The van der Waals surface area contributed by atoms with Gasteiger partial charge in [0.2, 0.25) is 10.0 Å². The van der Waals surface area contributed by atoms with Crippen LogP contribution in [0.2, 0.25) is 0 Å². The van der Waals surface area contributed by atoms with E-state index in [9.17, 15) is 18.3 Å². The number of esters is 1. The molecular weight excluding hydrogens is 234 g/mol. The van der Waals surface area contributed by atoms with E-state index in [4.69, 9.17) is 0 Å². The third kappa shape index (κ3) is 5.24. The van der Waals surface area contributed by atoms with E-state index in [0.29, 0.717) is 0 Å². The van der Waals surface area contributed by atoms with Gasteiger partial charge in [0.25, 0.3) is 0 Å². The molecule has 0 saturated carbocycles. The van der Waals surface area contributed by atoms with E-state index in [2.05, 4.69) is 16.0 Å². The number of hydrogen-bond acceptors (Lipinski definition) is 5. The minimum atomic E-state index is -3.49. The molecule has 0 aliphatic carbocycles.